The van der Waals surface area contributed by atoms with Crippen LogP contribution in [0.4, 0.5) is 0 Å². The number of nitrogens with zero attached hydrogens (tertiary/aromatic N) is 2. The Morgan fingerprint density at radius 1 is 1.35 bits per heavy atom. The molecule has 20 heavy (non-hydrogen) atoms. The maximum atomic E-state index is 11.6. The second kappa shape index (κ2) is 4.83. The summed E-state index contributed by atoms with van der Waals surface area (Å²) in [6.45, 7) is 1.85. The number of ketones is 1. The molecule has 0 radical (unpaired) electrons. The van der Waals surface area contributed by atoms with Gasteiger partial charge in [-0.2, -0.15) is 4.98 Å². The van der Waals surface area contributed by atoms with Crippen molar-refractivity contribution in [2.45, 2.75) is 38.1 Å². The van der Waals surface area contributed by atoms with Crippen LogP contribution in [0.3, 0.4) is 0 Å². The average molecular weight is 271 g/mol. The molecule has 1 aliphatic carbocycles. The van der Waals surface area contributed by atoms with Gasteiger partial charge in [0.1, 0.15) is 0 Å². The van der Waals surface area contributed by atoms with E-state index in [1.165, 1.54) is 0 Å². The van der Waals surface area contributed by atoms with E-state index in [2.05, 4.69) is 10.1 Å². The number of benzene rings is 1. The molecule has 0 spiro atoms. The van der Waals surface area contributed by atoms with E-state index < -0.39 is 5.54 Å². The minimum absolute atomic E-state index is 0.123. The van der Waals surface area contributed by atoms with Crippen LogP contribution in [0.5, 0.6) is 0 Å². The number of carbonyl (C=O) groups excluding carboxylic acids is 1. The van der Waals surface area contributed by atoms with Crippen molar-refractivity contribution in [2.75, 3.05) is 0 Å². The van der Waals surface area contributed by atoms with Crippen molar-refractivity contribution < 1.29 is 9.32 Å². The number of carbonyl (C=O) groups is 1. The molecule has 1 heterocycles. The van der Waals surface area contributed by atoms with E-state index in [1.54, 1.807) is 12.1 Å². The average Bonchev–Trinajstić information content (AvgIpc) is 2.94. The summed E-state index contributed by atoms with van der Waals surface area (Å²) in [5.41, 5.74) is 7.26. The number of hydrogen-bond donors (Lipinski definition) is 1. The first-order chi connectivity index (χ1) is 9.62. The first kappa shape index (κ1) is 13.0. The van der Waals surface area contributed by atoms with E-state index in [1.807, 2.05) is 19.1 Å². The zero-order valence-corrected chi connectivity index (χ0v) is 11.4. The van der Waals surface area contributed by atoms with E-state index in [4.69, 9.17) is 10.3 Å². The first-order valence-electron chi connectivity index (χ1n) is 6.89. The van der Waals surface area contributed by atoms with Crippen molar-refractivity contribution in [1.82, 2.24) is 10.1 Å². The summed E-state index contributed by atoms with van der Waals surface area (Å²) >= 11 is 0. The molecule has 1 aromatic carbocycles. The van der Waals surface area contributed by atoms with Crippen LogP contribution in [-0.4, -0.2) is 15.9 Å². The molecule has 1 aliphatic rings. The van der Waals surface area contributed by atoms with Crippen LogP contribution in [0.2, 0.25) is 0 Å². The lowest BCUT2D eigenvalue weighted by Gasteiger charge is -2.34. The van der Waals surface area contributed by atoms with Crippen LogP contribution < -0.4 is 5.73 Å². The Hall–Kier alpha value is -2.01. The van der Waals surface area contributed by atoms with E-state index >= 15 is 0 Å². The molecule has 5 nitrogen and oxygen atoms in total. The molecule has 3 rings (SSSR count). The highest BCUT2D eigenvalue weighted by atomic mass is 16.5. The molecule has 0 atom stereocenters. The summed E-state index contributed by atoms with van der Waals surface area (Å²) in [6.07, 6.45) is 3.40. The van der Waals surface area contributed by atoms with Gasteiger partial charge in [-0.15, -0.1) is 0 Å². The van der Waals surface area contributed by atoms with Gasteiger partial charge in [0.2, 0.25) is 0 Å². The Morgan fingerprint density at radius 2 is 2.05 bits per heavy atom. The monoisotopic (exact) mass is 271 g/mol. The van der Waals surface area contributed by atoms with Gasteiger partial charge in [-0.1, -0.05) is 24.2 Å². The molecule has 1 aromatic heterocycles. The maximum Gasteiger partial charge on any atom is 0.257 e. The topological polar surface area (TPSA) is 82.0 Å². The normalized spacial score (nSPS) is 16.7. The fourth-order valence-corrected chi connectivity index (χ4v) is 2.33. The smallest absolute Gasteiger partial charge is 0.257 e. The zero-order valence-electron chi connectivity index (χ0n) is 11.4. The summed E-state index contributed by atoms with van der Waals surface area (Å²) in [5, 5.41) is 3.98. The quantitative estimate of drug-likeness (QED) is 0.864. The van der Waals surface area contributed by atoms with Gasteiger partial charge in [0.15, 0.2) is 11.6 Å². The molecular formula is C15H17N3O2. The number of rotatable bonds is 4. The Labute approximate surface area is 117 Å². The third kappa shape index (κ3) is 2.14. The highest BCUT2D eigenvalue weighted by molar-refractivity contribution is 5.96. The fourth-order valence-electron chi connectivity index (χ4n) is 2.33. The number of aromatic nitrogens is 2. The predicted molar refractivity (Wildman–Crippen MR) is 74.1 cm³/mol. The Balaban J connectivity index is 1.84. The van der Waals surface area contributed by atoms with Gasteiger partial charge in [0.05, 0.1) is 5.54 Å². The maximum absolute atomic E-state index is 11.6. The summed E-state index contributed by atoms with van der Waals surface area (Å²) in [6, 6.07) is 7.22. The fraction of sp³-hybridized carbons (Fsp3) is 0.400. The minimum Gasteiger partial charge on any atom is -0.334 e. The minimum atomic E-state index is -0.417. The lowest BCUT2D eigenvalue weighted by atomic mass is 9.77. The molecule has 0 saturated heterocycles. The highest BCUT2D eigenvalue weighted by Gasteiger charge is 2.39. The second-order valence-corrected chi connectivity index (χ2v) is 5.29. The highest BCUT2D eigenvalue weighted by Crippen LogP contribution is 2.37. The third-order valence-electron chi connectivity index (χ3n) is 3.89. The lowest BCUT2D eigenvalue weighted by Crippen LogP contribution is -2.44. The van der Waals surface area contributed by atoms with E-state index in [0.29, 0.717) is 23.7 Å². The van der Waals surface area contributed by atoms with Crippen molar-refractivity contribution in [1.29, 1.82) is 0 Å². The Bertz CT molecular complexity index is 627. The van der Waals surface area contributed by atoms with Crippen LogP contribution in [-0.2, 0) is 5.54 Å². The lowest BCUT2D eigenvalue weighted by molar-refractivity contribution is 0.0988. The van der Waals surface area contributed by atoms with Crippen LogP contribution in [0.25, 0.3) is 11.5 Å². The molecule has 0 bridgehead atoms. The van der Waals surface area contributed by atoms with Gasteiger partial charge in [0.25, 0.3) is 5.89 Å². The third-order valence-corrected chi connectivity index (χ3v) is 3.89. The van der Waals surface area contributed by atoms with Crippen LogP contribution >= 0.6 is 0 Å². The zero-order chi connectivity index (χ0) is 14.2. The summed E-state index contributed by atoms with van der Waals surface area (Å²) in [5.74, 6) is 1.15. The van der Waals surface area contributed by atoms with Crippen molar-refractivity contribution >= 4 is 5.78 Å². The van der Waals surface area contributed by atoms with E-state index in [-0.39, 0.29) is 5.78 Å². The number of Topliss-reactive ketones (excluding diaryl/α,β-unsaturated/α-hetero) is 1. The molecule has 0 amide bonds. The molecule has 104 valence electrons. The SMILES string of the molecule is CCC(=O)c1ccc(-c2nc(C3(N)CCC3)no2)cc1. The van der Waals surface area contributed by atoms with Crippen molar-refractivity contribution in [3.63, 3.8) is 0 Å². The van der Waals surface area contributed by atoms with Gasteiger partial charge in [-0.05, 0) is 31.4 Å². The Kier molecular flexibility index (Phi) is 3.14. The first-order valence-corrected chi connectivity index (χ1v) is 6.89. The van der Waals surface area contributed by atoms with Gasteiger partial charge in [-0.3, -0.25) is 4.79 Å². The van der Waals surface area contributed by atoms with Gasteiger partial charge in [-0.25, -0.2) is 0 Å². The molecule has 2 N–H and O–H groups in total. The number of hydrogen-bond acceptors (Lipinski definition) is 5. The van der Waals surface area contributed by atoms with Crippen molar-refractivity contribution in [3.05, 3.63) is 35.7 Å². The second-order valence-electron chi connectivity index (χ2n) is 5.29. The molecule has 0 unspecified atom stereocenters. The van der Waals surface area contributed by atoms with E-state index in [0.717, 1.165) is 24.8 Å². The molecule has 1 fully saturated rings. The van der Waals surface area contributed by atoms with Crippen LogP contribution in [0.1, 0.15) is 48.8 Å². The van der Waals surface area contributed by atoms with Gasteiger partial charge in [0, 0.05) is 17.5 Å². The Morgan fingerprint density at radius 3 is 2.60 bits per heavy atom. The predicted octanol–water partition coefficient (Wildman–Crippen LogP) is 2.67. The van der Waals surface area contributed by atoms with Gasteiger partial charge >= 0.3 is 0 Å². The van der Waals surface area contributed by atoms with Crippen LogP contribution in [0.15, 0.2) is 28.8 Å². The molecule has 0 aliphatic heterocycles. The number of nitrogens with two attached hydrogens (primary N) is 1. The van der Waals surface area contributed by atoms with E-state index in [9.17, 15) is 4.79 Å². The summed E-state index contributed by atoms with van der Waals surface area (Å²) in [4.78, 5) is 16.0. The standard InChI is InChI=1S/C15H17N3O2/c1-2-12(19)10-4-6-11(7-5-10)13-17-14(18-20-13)15(16)8-3-9-15/h4-7H,2-3,8-9,16H2,1H3. The molecule has 1 saturated carbocycles. The van der Waals surface area contributed by atoms with Crippen LogP contribution in [0, 0.1) is 0 Å². The molecule has 5 heteroatoms. The largest absolute Gasteiger partial charge is 0.334 e. The van der Waals surface area contributed by atoms with Gasteiger partial charge < -0.3 is 10.3 Å². The van der Waals surface area contributed by atoms with Crippen molar-refractivity contribution in [3.8, 4) is 11.5 Å². The van der Waals surface area contributed by atoms with Crippen molar-refractivity contribution in [2.24, 2.45) is 5.73 Å². The summed E-state index contributed by atoms with van der Waals surface area (Å²) in [7, 11) is 0. The molecular weight excluding hydrogens is 254 g/mol. The summed E-state index contributed by atoms with van der Waals surface area (Å²) < 4.78 is 5.27. The molecule has 2 aromatic rings.